The van der Waals surface area contributed by atoms with E-state index in [0.717, 1.165) is 40.6 Å². The van der Waals surface area contributed by atoms with Gasteiger partial charge in [0.25, 0.3) is 0 Å². The lowest BCUT2D eigenvalue weighted by Gasteiger charge is -2.23. The highest BCUT2D eigenvalue weighted by Gasteiger charge is 2.34. The van der Waals surface area contributed by atoms with Crippen LogP contribution in [-0.4, -0.2) is 28.2 Å². The molecule has 2 atom stereocenters. The molecule has 0 fully saturated rings. The number of rotatable bonds is 7. The topological polar surface area (TPSA) is 94.6 Å². The average molecular weight is 406 g/mol. The van der Waals surface area contributed by atoms with Crippen LogP contribution in [0.2, 0.25) is 0 Å². The number of amides is 1. The number of carbonyl (C=O) groups is 2. The second-order valence-corrected chi connectivity index (χ2v) is 7.69. The van der Waals surface area contributed by atoms with Gasteiger partial charge in [0, 0.05) is 35.3 Å². The molecule has 4 rings (SSSR count). The van der Waals surface area contributed by atoms with Gasteiger partial charge in [0.2, 0.25) is 5.91 Å². The first kappa shape index (κ1) is 20.2. The van der Waals surface area contributed by atoms with Crippen molar-refractivity contribution in [2.24, 2.45) is 5.73 Å². The number of hydrogen-bond acceptors (Lipinski definition) is 3. The maximum absolute atomic E-state index is 12.3. The number of aliphatic carboxylic acids is 1. The van der Waals surface area contributed by atoms with Gasteiger partial charge in [-0.1, -0.05) is 42.5 Å². The molecular weight excluding hydrogens is 380 g/mol. The van der Waals surface area contributed by atoms with E-state index >= 15 is 0 Å². The lowest BCUT2D eigenvalue weighted by atomic mass is 9.83. The van der Waals surface area contributed by atoms with E-state index in [1.807, 2.05) is 30.3 Å². The smallest absolute Gasteiger partial charge is 0.337 e. The van der Waals surface area contributed by atoms with Crippen molar-refractivity contribution in [3.05, 3.63) is 70.9 Å². The molecule has 0 saturated heterocycles. The van der Waals surface area contributed by atoms with E-state index in [2.05, 4.69) is 16.7 Å². The molecule has 1 aliphatic rings. The minimum atomic E-state index is -1.09. The Balaban J connectivity index is 2.00. The van der Waals surface area contributed by atoms with Crippen LogP contribution in [0.15, 0.2) is 48.5 Å². The molecule has 156 valence electrons. The Bertz CT molecular complexity index is 1090. The van der Waals surface area contributed by atoms with E-state index in [4.69, 9.17) is 10.5 Å². The minimum Gasteiger partial charge on any atom is -0.479 e. The van der Waals surface area contributed by atoms with Crippen LogP contribution in [0, 0.1) is 0 Å². The molecule has 6 nitrogen and oxygen atoms in total. The zero-order valence-corrected chi connectivity index (χ0v) is 17.0. The van der Waals surface area contributed by atoms with Gasteiger partial charge in [-0.2, -0.15) is 0 Å². The number of nitrogens with zero attached hydrogens (tertiary/aromatic N) is 1. The van der Waals surface area contributed by atoms with Crippen LogP contribution < -0.4 is 5.73 Å². The van der Waals surface area contributed by atoms with Gasteiger partial charge >= 0.3 is 5.97 Å². The van der Waals surface area contributed by atoms with Crippen LogP contribution in [0.4, 0.5) is 0 Å². The van der Waals surface area contributed by atoms with Crippen molar-refractivity contribution in [1.29, 1.82) is 0 Å². The Morgan fingerprint density at radius 2 is 1.97 bits per heavy atom. The van der Waals surface area contributed by atoms with Crippen molar-refractivity contribution in [3.8, 4) is 0 Å². The fourth-order valence-corrected chi connectivity index (χ4v) is 4.68. The van der Waals surface area contributed by atoms with Gasteiger partial charge in [0.15, 0.2) is 6.10 Å². The monoisotopic (exact) mass is 406 g/mol. The van der Waals surface area contributed by atoms with Crippen LogP contribution >= 0.6 is 0 Å². The summed E-state index contributed by atoms with van der Waals surface area (Å²) in [5.41, 5.74) is 10.4. The Labute approximate surface area is 175 Å². The summed E-state index contributed by atoms with van der Waals surface area (Å²) < 4.78 is 7.80. The van der Waals surface area contributed by atoms with Gasteiger partial charge in [-0.25, -0.2) is 4.79 Å². The number of carbonyl (C=O) groups excluding carboxylic acids is 1. The van der Waals surface area contributed by atoms with Gasteiger partial charge in [-0.3, -0.25) is 4.79 Å². The number of fused-ring (bicyclic) bond motifs is 3. The largest absolute Gasteiger partial charge is 0.479 e. The highest BCUT2D eigenvalue weighted by molar-refractivity contribution is 5.97. The van der Waals surface area contributed by atoms with Crippen LogP contribution in [0.3, 0.4) is 0 Å². The molecule has 2 unspecified atom stereocenters. The first-order valence-corrected chi connectivity index (χ1v) is 10.3. The summed E-state index contributed by atoms with van der Waals surface area (Å²) >= 11 is 0. The molecule has 3 aromatic rings. The molecular formula is C24H26N2O4. The normalized spacial score (nSPS) is 16.9. The third kappa shape index (κ3) is 3.48. The highest BCUT2D eigenvalue weighted by Crippen LogP contribution is 2.42. The molecule has 1 amide bonds. The number of aromatic nitrogens is 1. The van der Waals surface area contributed by atoms with Crippen molar-refractivity contribution in [3.63, 3.8) is 0 Å². The van der Waals surface area contributed by atoms with Gasteiger partial charge in [-0.15, -0.1) is 0 Å². The fourth-order valence-electron chi connectivity index (χ4n) is 4.68. The maximum atomic E-state index is 12.3. The summed E-state index contributed by atoms with van der Waals surface area (Å²) in [6.07, 6.45) is 1.28. The summed E-state index contributed by atoms with van der Waals surface area (Å²) in [6, 6.07) is 15.8. The van der Waals surface area contributed by atoms with Crippen LogP contribution in [0.5, 0.6) is 0 Å². The Morgan fingerprint density at radius 3 is 2.63 bits per heavy atom. The highest BCUT2D eigenvalue weighted by atomic mass is 16.5. The lowest BCUT2D eigenvalue weighted by molar-refractivity contribution is -0.150. The molecule has 0 aliphatic heterocycles. The Hall–Kier alpha value is -3.12. The predicted molar refractivity (Wildman–Crippen MR) is 114 cm³/mol. The number of nitrogens with two attached hydrogens (primary N) is 1. The first-order valence-electron chi connectivity index (χ1n) is 10.3. The van der Waals surface area contributed by atoms with Gasteiger partial charge in [-0.05, 0) is 43.4 Å². The Morgan fingerprint density at radius 1 is 1.20 bits per heavy atom. The summed E-state index contributed by atoms with van der Waals surface area (Å²) in [7, 11) is 0. The van der Waals surface area contributed by atoms with Crippen LogP contribution in [-0.2, 0) is 27.3 Å². The number of hydrogen-bond donors (Lipinski definition) is 2. The zero-order valence-electron chi connectivity index (χ0n) is 17.0. The number of primary amides is 1. The van der Waals surface area contributed by atoms with E-state index in [1.54, 1.807) is 13.0 Å². The number of benzene rings is 2. The summed E-state index contributed by atoms with van der Waals surface area (Å²) in [5, 5.41) is 10.6. The summed E-state index contributed by atoms with van der Waals surface area (Å²) in [4.78, 5) is 24.3. The minimum absolute atomic E-state index is 0.277. The zero-order chi connectivity index (χ0) is 21.3. The number of ether oxygens (including phenoxy) is 1. The predicted octanol–water partition coefficient (Wildman–Crippen LogP) is 3.76. The van der Waals surface area contributed by atoms with E-state index in [1.165, 1.54) is 0 Å². The fraction of sp³-hybridized carbons (Fsp3) is 0.333. The molecule has 30 heavy (non-hydrogen) atoms. The van der Waals surface area contributed by atoms with Crippen molar-refractivity contribution in [2.75, 3.05) is 6.61 Å². The standard InChI is InChI=1S/C24H26N2O4/c1-2-30-22(24(28)29)16-10-6-12-18-20(16)21-17(23(25)27)11-7-13-19(21)26(18)14-15-8-4-3-5-9-15/h3-6,8-10,12,17,22H,2,7,11,13-14H2,1H3,(H2,25,27)(H,28,29). The summed E-state index contributed by atoms with van der Waals surface area (Å²) in [6.45, 7) is 2.70. The second-order valence-electron chi connectivity index (χ2n) is 7.69. The SMILES string of the molecule is CCOC(C(=O)O)c1cccc2c1c1c(n2Cc2ccccc2)CCCC1C(N)=O. The van der Waals surface area contributed by atoms with E-state index in [0.29, 0.717) is 18.5 Å². The van der Waals surface area contributed by atoms with Crippen molar-refractivity contribution in [2.45, 2.75) is 44.8 Å². The maximum Gasteiger partial charge on any atom is 0.337 e. The van der Waals surface area contributed by atoms with Crippen molar-refractivity contribution < 1.29 is 19.4 Å². The van der Waals surface area contributed by atoms with Crippen LogP contribution in [0.1, 0.15) is 54.2 Å². The molecule has 2 aromatic carbocycles. The lowest BCUT2D eigenvalue weighted by Crippen LogP contribution is -2.26. The molecule has 1 aliphatic carbocycles. The molecule has 0 saturated carbocycles. The van der Waals surface area contributed by atoms with E-state index < -0.39 is 18.0 Å². The number of carboxylic acid groups (broad SMARTS) is 1. The molecule has 0 radical (unpaired) electrons. The quantitative estimate of drug-likeness (QED) is 0.625. The summed E-state index contributed by atoms with van der Waals surface area (Å²) in [5.74, 6) is -1.83. The molecule has 1 heterocycles. The molecule has 6 heteroatoms. The third-order valence-electron chi connectivity index (χ3n) is 5.89. The Kier molecular flexibility index (Phi) is 5.59. The van der Waals surface area contributed by atoms with E-state index in [9.17, 15) is 14.7 Å². The van der Waals surface area contributed by atoms with Crippen molar-refractivity contribution >= 4 is 22.8 Å². The number of carboxylic acids is 1. The first-order chi connectivity index (χ1) is 14.5. The third-order valence-corrected chi connectivity index (χ3v) is 5.89. The van der Waals surface area contributed by atoms with Crippen LogP contribution in [0.25, 0.3) is 10.9 Å². The van der Waals surface area contributed by atoms with Gasteiger partial charge in [0.05, 0.1) is 5.92 Å². The molecule has 0 bridgehead atoms. The van der Waals surface area contributed by atoms with E-state index in [-0.39, 0.29) is 12.5 Å². The van der Waals surface area contributed by atoms with Gasteiger partial charge in [0.1, 0.15) is 0 Å². The molecule has 3 N–H and O–H groups in total. The van der Waals surface area contributed by atoms with Crippen molar-refractivity contribution in [1.82, 2.24) is 4.57 Å². The molecule has 1 aromatic heterocycles. The second kappa shape index (κ2) is 8.32. The molecule has 0 spiro atoms. The average Bonchev–Trinajstić information content (AvgIpc) is 3.06. The van der Waals surface area contributed by atoms with Gasteiger partial charge < -0.3 is 20.1 Å².